The molecule has 2 N–H and O–H groups in total. The number of hydrogen-bond acceptors (Lipinski definition) is 7. The zero-order valence-electron chi connectivity index (χ0n) is 14.3. The summed E-state index contributed by atoms with van der Waals surface area (Å²) in [5, 5.41) is 19.7. The van der Waals surface area contributed by atoms with Gasteiger partial charge in [-0.25, -0.2) is 9.78 Å². The van der Waals surface area contributed by atoms with E-state index in [9.17, 15) is 24.6 Å². The number of rotatable bonds is 5. The summed E-state index contributed by atoms with van der Waals surface area (Å²) >= 11 is 0. The number of aromatic nitrogens is 1. The van der Waals surface area contributed by atoms with Crippen LogP contribution in [0.25, 0.3) is 0 Å². The summed E-state index contributed by atoms with van der Waals surface area (Å²) in [5.74, 6) is -2.65. The van der Waals surface area contributed by atoms with E-state index in [-0.39, 0.29) is 13.2 Å². The lowest BCUT2D eigenvalue weighted by Gasteiger charge is -2.37. The SMILES string of the molecule is CC(=O)O[C@@H](C(=O)O)C1OCCN(c2cccc(C3(O)CCC3)n2)C1=O. The zero-order valence-corrected chi connectivity index (χ0v) is 14.3. The van der Waals surface area contributed by atoms with Crippen molar-refractivity contribution in [2.24, 2.45) is 0 Å². The minimum Gasteiger partial charge on any atom is -0.478 e. The first-order valence-corrected chi connectivity index (χ1v) is 8.35. The van der Waals surface area contributed by atoms with Crippen LogP contribution < -0.4 is 4.90 Å². The van der Waals surface area contributed by atoms with Crippen LogP contribution in [0.4, 0.5) is 5.82 Å². The topological polar surface area (TPSA) is 126 Å². The van der Waals surface area contributed by atoms with Crippen LogP contribution in [0.3, 0.4) is 0 Å². The van der Waals surface area contributed by atoms with Crippen molar-refractivity contribution in [3.05, 3.63) is 23.9 Å². The first kappa shape index (κ1) is 18.3. The number of anilines is 1. The van der Waals surface area contributed by atoms with Gasteiger partial charge in [0, 0.05) is 6.92 Å². The molecule has 140 valence electrons. The number of carbonyl (C=O) groups is 3. The second kappa shape index (κ2) is 7.00. The van der Waals surface area contributed by atoms with E-state index in [4.69, 9.17) is 9.47 Å². The number of esters is 1. The van der Waals surface area contributed by atoms with Crippen molar-refractivity contribution in [2.45, 2.75) is 44.0 Å². The normalized spacial score (nSPS) is 23.1. The van der Waals surface area contributed by atoms with Gasteiger partial charge < -0.3 is 19.7 Å². The van der Waals surface area contributed by atoms with Gasteiger partial charge in [0.25, 0.3) is 5.91 Å². The minimum atomic E-state index is -1.73. The number of carbonyl (C=O) groups excluding carboxylic acids is 2. The molecule has 2 atom stereocenters. The fourth-order valence-corrected chi connectivity index (χ4v) is 3.07. The standard InChI is InChI=1S/C17H20N2O7/c1-10(20)26-14(16(22)23)13-15(21)19(8-9-25-13)12-5-2-4-11(18-12)17(24)6-3-7-17/h2,4-5,13-14,24H,3,6-9H2,1H3,(H,22,23)/t13?,14-/m1/s1. The molecule has 2 aliphatic rings. The second-order valence-electron chi connectivity index (χ2n) is 6.42. The summed E-state index contributed by atoms with van der Waals surface area (Å²) < 4.78 is 10.0. The van der Waals surface area contributed by atoms with Crippen molar-refractivity contribution in [1.82, 2.24) is 4.98 Å². The molecule has 1 saturated heterocycles. The number of pyridine rings is 1. The number of aliphatic hydroxyl groups is 1. The highest BCUT2D eigenvalue weighted by Crippen LogP contribution is 2.40. The third-order valence-electron chi connectivity index (χ3n) is 4.60. The van der Waals surface area contributed by atoms with Gasteiger partial charge in [-0.05, 0) is 31.4 Å². The minimum absolute atomic E-state index is 0.0671. The van der Waals surface area contributed by atoms with Gasteiger partial charge >= 0.3 is 11.9 Å². The average molecular weight is 364 g/mol. The second-order valence-corrected chi connectivity index (χ2v) is 6.42. The van der Waals surface area contributed by atoms with Gasteiger partial charge in [0.15, 0.2) is 6.10 Å². The van der Waals surface area contributed by atoms with Crippen LogP contribution in [0, 0.1) is 0 Å². The molecule has 0 aromatic carbocycles. The van der Waals surface area contributed by atoms with Gasteiger partial charge in [0.2, 0.25) is 6.10 Å². The Balaban J connectivity index is 1.84. The molecule has 1 aliphatic carbocycles. The summed E-state index contributed by atoms with van der Waals surface area (Å²) in [7, 11) is 0. The monoisotopic (exact) mass is 364 g/mol. The van der Waals surface area contributed by atoms with Crippen LogP contribution in [-0.4, -0.2) is 58.4 Å². The number of carboxylic acid groups (broad SMARTS) is 1. The predicted octanol–water partition coefficient (Wildman–Crippen LogP) is 0.201. The molecule has 1 aromatic rings. The quantitative estimate of drug-likeness (QED) is 0.710. The number of nitrogens with zero attached hydrogens (tertiary/aromatic N) is 2. The maximum atomic E-state index is 12.7. The zero-order chi connectivity index (χ0) is 18.9. The van der Waals surface area contributed by atoms with Crippen molar-refractivity contribution in [3.63, 3.8) is 0 Å². The van der Waals surface area contributed by atoms with E-state index in [0.29, 0.717) is 24.4 Å². The molecule has 2 heterocycles. The highest BCUT2D eigenvalue weighted by Gasteiger charge is 2.43. The Bertz CT molecular complexity index is 732. The molecule has 26 heavy (non-hydrogen) atoms. The summed E-state index contributed by atoms with van der Waals surface area (Å²) in [6, 6.07) is 4.99. The maximum absolute atomic E-state index is 12.7. The molecule has 0 bridgehead atoms. The van der Waals surface area contributed by atoms with Gasteiger partial charge in [0.05, 0.1) is 18.8 Å². The summed E-state index contributed by atoms with van der Waals surface area (Å²) in [4.78, 5) is 40.9. The lowest BCUT2D eigenvalue weighted by molar-refractivity contribution is -0.177. The van der Waals surface area contributed by atoms with E-state index < -0.39 is 35.7 Å². The van der Waals surface area contributed by atoms with Gasteiger partial charge in [-0.1, -0.05) is 6.07 Å². The Kier molecular flexibility index (Phi) is 4.92. The van der Waals surface area contributed by atoms with Crippen molar-refractivity contribution < 1.29 is 34.1 Å². The van der Waals surface area contributed by atoms with Crippen LogP contribution in [-0.2, 0) is 29.5 Å². The number of amides is 1. The fraction of sp³-hybridized carbons (Fsp3) is 0.529. The molecule has 0 radical (unpaired) electrons. The highest BCUT2D eigenvalue weighted by atomic mass is 16.6. The molecule has 1 unspecified atom stereocenters. The maximum Gasteiger partial charge on any atom is 0.348 e. The molecule has 1 saturated carbocycles. The van der Waals surface area contributed by atoms with Gasteiger partial charge in [-0.3, -0.25) is 14.5 Å². The van der Waals surface area contributed by atoms with Crippen molar-refractivity contribution in [2.75, 3.05) is 18.1 Å². The predicted molar refractivity (Wildman–Crippen MR) is 87.3 cm³/mol. The first-order valence-electron chi connectivity index (χ1n) is 8.35. The summed E-state index contributed by atoms with van der Waals surface area (Å²) in [6.07, 6.45) is -1.07. The molecule has 9 heteroatoms. The number of aliphatic carboxylic acids is 1. The molecular formula is C17H20N2O7. The van der Waals surface area contributed by atoms with Gasteiger partial charge in [-0.15, -0.1) is 0 Å². The average Bonchev–Trinajstić information content (AvgIpc) is 2.58. The lowest BCUT2D eigenvalue weighted by atomic mass is 9.77. The number of hydrogen-bond donors (Lipinski definition) is 2. The van der Waals surface area contributed by atoms with Crippen LogP contribution in [0.1, 0.15) is 31.9 Å². The molecule has 1 amide bonds. The Morgan fingerprint density at radius 2 is 2.15 bits per heavy atom. The smallest absolute Gasteiger partial charge is 0.348 e. The van der Waals surface area contributed by atoms with Gasteiger partial charge in [-0.2, -0.15) is 0 Å². The first-order chi connectivity index (χ1) is 12.3. The highest BCUT2D eigenvalue weighted by molar-refractivity contribution is 5.99. The Labute approximate surface area is 149 Å². The van der Waals surface area contributed by atoms with Crippen molar-refractivity contribution in [1.29, 1.82) is 0 Å². The third-order valence-corrected chi connectivity index (χ3v) is 4.60. The molecular weight excluding hydrogens is 344 g/mol. The van der Waals surface area contributed by atoms with Crippen LogP contribution in [0.5, 0.6) is 0 Å². The summed E-state index contributed by atoms with van der Waals surface area (Å²) in [5.41, 5.74) is -0.501. The Morgan fingerprint density at radius 3 is 2.73 bits per heavy atom. The molecule has 0 spiro atoms. The van der Waals surface area contributed by atoms with E-state index in [2.05, 4.69) is 4.98 Å². The molecule has 9 nitrogen and oxygen atoms in total. The van der Waals surface area contributed by atoms with E-state index in [1.165, 1.54) is 4.90 Å². The van der Waals surface area contributed by atoms with Crippen LogP contribution in [0.2, 0.25) is 0 Å². The molecule has 1 aliphatic heterocycles. The van der Waals surface area contributed by atoms with Gasteiger partial charge in [0.1, 0.15) is 11.4 Å². The van der Waals surface area contributed by atoms with E-state index in [0.717, 1.165) is 13.3 Å². The van der Waals surface area contributed by atoms with Crippen LogP contribution >= 0.6 is 0 Å². The van der Waals surface area contributed by atoms with Crippen LogP contribution in [0.15, 0.2) is 18.2 Å². The summed E-state index contributed by atoms with van der Waals surface area (Å²) in [6.45, 7) is 1.31. The molecule has 3 rings (SSSR count). The van der Waals surface area contributed by atoms with E-state index >= 15 is 0 Å². The molecule has 1 aromatic heterocycles. The van der Waals surface area contributed by atoms with E-state index in [1.54, 1.807) is 18.2 Å². The van der Waals surface area contributed by atoms with E-state index in [1.807, 2.05) is 0 Å². The Morgan fingerprint density at radius 1 is 1.42 bits per heavy atom. The number of carboxylic acids is 1. The largest absolute Gasteiger partial charge is 0.478 e. The molecule has 2 fully saturated rings. The number of ether oxygens (including phenoxy) is 2. The lowest BCUT2D eigenvalue weighted by Crippen LogP contribution is -2.56. The Hall–Kier alpha value is -2.52. The third kappa shape index (κ3) is 3.40. The number of morpholine rings is 1. The van der Waals surface area contributed by atoms with Crippen molar-refractivity contribution >= 4 is 23.7 Å². The fourth-order valence-electron chi connectivity index (χ4n) is 3.07. The van der Waals surface area contributed by atoms with Crippen molar-refractivity contribution in [3.8, 4) is 0 Å².